The average molecular weight is 354 g/mol. The van der Waals surface area contributed by atoms with Crippen molar-refractivity contribution >= 4 is 54.3 Å². The normalized spacial score (nSPS) is 9.92. The molecule has 0 N–H and O–H groups in total. The smallest absolute Gasteiger partial charge is 0.188 e. The number of halogens is 2. The Kier molecular flexibility index (Phi) is 3.63. The highest BCUT2D eigenvalue weighted by atomic mass is 32.1. The van der Waals surface area contributed by atoms with Crippen LogP contribution in [0.3, 0.4) is 0 Å². The largest absolute Gasteiger partial charge is 0.231 e. The first kappa shape index (κ1) is 15.5. The molecule has 0 amide bonds. The van der Waals surface area contributed by atoms with Gasteiger partial charge in [0.1, 0.15) is 44.6 Å². The van der Waals surface area contributed by atoms with Gasteiger partial charge in [-0.2, -0.15) is 21.0 Å². The van der Waals surface area contributed by atoms with Gasteiger partial charge >= 0.3 is 0 Å². The summed E-state index contributed by atoms with van der Waals surface area (Å²) in [6.45, 7) is 0. The molecule has 2 heterocycles. The van der Waals surface area contributed by atoms with E-state index in [1.807, 2.05) is 0 Å². The monoisotopic (exact) mass is 354 g/mol. The summed E-state index contributed by atoms with van der Waals surface area (Å²) in [5.74, 6) is -2.52. The van der Waals surface area contributed by atoms with Crippen molar-refractivity contribution in [2.24, 2.45) is 0 Å². The number of hydrogen-bond acceptors (Lipinski definition) is 8. The maximum Gasteiger partial charge on any atom is 0.188 e. The third kappa shape index (κ3) is 2.07. The van der Waals surface area contributed by atoms with Gasteiger partial charge < -0.3 is 0 Å². The van der Waals surface area contributed by atoms with E-state index in [9.17, 15) is 8.78 Å². The van der Waals surface area contributed by atoms with Gasteiger partial charge in [-0.05, 0) is 0 Å². The molecule has 0 atom stereocenters. The molecule has 0 fully saturated rings. The Morgan fingerprint density at radius 1 is 0.708 bits per heavy atom. The van der Waals surface area contributed by atoms with Gasteiger partial charge in [-0.1, -0.05) is 0 Å². The highest BCUT2D eigenvalue weighted by Crippen LogP contribution is 2.32. The van der Waals surface area contributed by atoms with Crippen LogP contribution < -0.4 is 9.33 Å². The van der Waals surface area contributed by atoms with Crippen LogP contribution in [0.25, 0.3) is 31.6 Å². The molecular formula is C14F2N6S2. The van der Waals surface area contributed by atoms with Crippen LogP contribution in [0.2, 0.25) is 0 Å². The predicted molar refractivity (Wildman–Crippen MR) is 81.2 cm³/mol. The zero-order valence-electron chi connectivity index (χ0n) is 11.3. The molecule has 0 unspecified atom stereocenters. The fourth-order valence-corrected chi connectivity index (χ4v) is 4.05. The topological polar surface area (TPSA) is 121 Å². The van der Waals surface area contributed by atoms with Crippen molar-refractivity contribution in [3.8, 4) is 24.3 Å². The second-order valence-corrected chi connectivity index (χ2v) is 6.22. The zero-order valence-corrected chi connectivity index (χ0v) is 12.9. The lowest BCUT2D eigenvalue weighted by molar-refractivity contribution is 0.522. The van der Waals surface area contributed by atoms with Gasteiger partial charge in [-0.25, -0.2) is 18.7 Å². The third-order valence-corrected chi connectivity index (χ3v) is 5.25. The first-order valence-electron chi connectivity index (χ1n) is 5.98. The average Bonchev–Trinajstić information content (AvgIpc) is 3.20. The van der Waals surface area contributed by atoms with Crippen LogP contribution in [0.5, 0.6) is 0 Å². The summed E-state index contributed by atoms with van der Waals surface area (Å²) in [7, 11) is 0. The van der Waals surface area contributed by atoms with Crippen molar-refractivity contribution < 1.29 is 8.78 Å². The lowest BCUT2D eigenvalue weighted by Gasteiger charge is -1.95. The molecule has 3 aromatic rings. The summed E-state index contributed by atoms with van der Waals surface area (Å²) >= 11 is 1.69. The molecule has 6 nitrogen and oxygen atoms in total. The van der Waals surface area contributed by atoms with Gasteiger partial charge in [0, 0.05) is 0 Å². The molecule has 3 rings (SSSR count). The number of thiazole rings is 2. The van der Waals surface area contributed by atoms with Crippen LogP contribution in [0.4, 0.5) is 8.78 Å². The highest BCUT2D eigenvalue weighted by molar-refractivity contribution is 7.25. The van der Waals surface area contributed by atoms with Crippen molar-refractivity contribution in [2.45, 2.75) is 0 Å². The maximum absolute atomic E-state index is 14.2. The van der Waals surface area contributed by atoms with Gasteiger partial charge in [-0.3, -0.25) is 0 Å². The van der Waals surface area contributed by atoms with E-state index in [4.69, 9.17) is 21.0 Å². The Hall–Kier alpha value is -3.44. The summed E-state index contributed by atoms with van der Waals surface area (Å²) in [6, 6.07) is 6.55. The molecule has 0 aliphatic carbocycles. The van der Waals surface area contributed by atoms with Crippen molar-refractivity contribution in [2.75, 3.05) is 0 Å². The summed E-state index contributed by atoms with van der Waals surface area (Å²) < 4.78 is 28.7. The van der Waals surface area contributed by atoms with Gasteiger partial charge in [0.2, 0.25) is 0 Å². The molecule has 0 spiro atoms. The Balaban J connectivity index is 2.63. The number of hydrogen-bond donors (Lipinski definition) is 0. The predicted octanol–water partition coefficient (Wildman–Crippen LogP) is 1.58. The molecule has 2 aromatic heterocycles. The Labute approximate surface area is 139 Å². The SMILES string of the molecule is N#CC(C#N)=c1nc2c(F)c(F)c3nc(=C(C#N)C#N)sc3c2s1. The van der Waals surface area contributed by atoms with E-state index in [0.29, 0.717) is 0 Å². The molecular weight excluding hydrogens is 354 g/mol. The van der Waals surface area contributed by atoms with E-state index in [-0.39, 0.29) is 40.9 Å². The zero-order chi connectivity index (χ0) is 17.4. The molecule has 0 saturated heterocycles. The van der Waals surface area contributed by atoms with Crippen LogP contribution in [-0.4, -0.2) is 9.97 Å². The highest BCUT2D eigenvalue weighted by Gasteiger charge is 2.21. The number of rotatable bonds is 0. The van der Waals surface area contributed by atoms with Crippen molar-refractivity contribution in [3.63, 3.8) is 0 Å². The van der Waals surface area contributed by atoms with E-state index >= 15 is 0 Å². The number of aromatic nitrogens is 2. The fourth-order valence-electron chi connectivity index (χ4n) is 1.91. The number of fused-ring (bicyclic) bond motifs is 3. The quantitative estimate of drug-likeness (QED) is 0.604. The van der Waals surface area contributed by atoms with E-state index in [1.165, 1.54) is 0 Å². The van der Waals surface area contributed by atoms with Crippen LogP contribution in [0.15, 0.2) is 0 Å². The van der Waals surface area contributed by atoms with E-state index in [2.05, 4.69) is 9.97 Å². The standard InChI is InChI=1S/C14F2N6S2/c15-7-8(16)10-12(24-14(22-10)6(3-19)4-20)11-9(7)21-13(23-11)5(1-17)2-18. The first-order chi connectivity index (χ1) is 11.5. The molecule has 24 heavy (non-hydrogen) atoms. The van der Waals surface area contributed by atoms with Crippen LogP contribution in [0, 0.1) is 57.0 Å². The van der Waals surface area contributed by atoms with E-state index in [0.717, 1.165) is 22.7 Å². The molecule has 1 aromatic carbocycles. The number of nitrogens with zero attached hydrogens (tertiary/aromatic N) is 6. The van der Waals surface area contributed by atoms with Crippen molar-refractivity contribution in [1.82, 2.24) is 9.97 Å². The molecule has 0 radical (unpaired) electrons. The molecule has 0 aliphatic rings. The summed E-state index contributed by atoms with van der Waals surface area (Å²) in [4.78, 5) is 7.65. The van der Waals surface area contributed by atoms with Gasteiger partial charge in [0.15, 0.2) is 22.8 Å². The molecule has 0 aliphatic heterocycles. The Morgan fingerprint density at radius 2 is 1.04 bits per heavy atom. The van der Waals surface area contributed by atoms with Gasteiger partial charge in [-0.15, -0.1) is 22.7 Å². The summed E-state index contributed by atoms with van der Waals surface area (Å²) in [6.07, 6.45) is 0. The second-order valence-electron chi connectivity index (χ2n) is 4.22. The Bertz CT molecular complexity index is 1190. The van der Waals surface area contributed by atoms with Crippen LogP contribution in [0.1, 0.15) is 0 Å². The lowest BCUT2D eigenvalue weighted by atomic mass is 10.3. The van der Waals surface area contributed by atoms with Crippen molar-refractivity contribution in [3.05, 3.63) is 21.0 Å². The summed E-state index contributed by atoms with van der Waals surface area (Å²) in [5, 5.41) is 35.5. The van der Waals surface area contributed by atoms with Crippen LogP contribution >= 0.6 is 22.7 Å². The molecule has 112 valence electrons. The van der Waals surface area contributed by atoms with Gasteiger partial charge in [0.25, 0.3) is 0 Å². The minimum absolute atomic E-state index is 0.0412. The lowest BCUT2D eigenvalue weighted by Crippen LogP contribution is -2.02. The second kappa shape index (κ2) is 5.64. The summed E-state index contributed by atoms with van der Waals surface area (Å²) in [5.41, 5.74) is -1.30. The third-order valence-electron chi connectivity index (χ3n) is 2.94. The van der Waals surface area contributed by atoms with Crippen molar-refractivity contribution in [1.29, 1.82) is 21.0 Å². The fraction of sp³-hybridized carbons (Fsp3) is 0. The molecule has 0 saturated carbocycles. The van der Waals surface area contributed by atoms with Gasteiger partial charge in [0.05, 0.1) is 9.40 Å². The number of benzene rings is 1. The number of nitriles is 4. The minimum atomic E-state index is -1.26. The van der Waals surface area contributed by atoms with Crippen LogP contribution in [-0.2, 0) is 0 Å². The maximum atomic E-state index is 14.2. The first-order valence-corrected chi connectivity index (χ1v) is 7.62. The van der Waals surface area contributed by atoms with E-state index < -0.39 is 11.6 Å². The minimum Gasteiger partial charge on any atom is -0.231 e. The Morgan fingerprint density at radius 3 is 1.33 bits per heavy atom. The molecule has 0 bridgehead atoms. The van der Waals surface area contributed by atoms with E-state index in [1.54, 1.807) is 24.3 Å². The molecule has 10 heteroatoms.